The Labute approximate surface area is 241 Å². The van der Waals surface area contributed by atoms with Gasteiger partial charge in [-0.3, -0.25) is 14.5 Å². The van der Waals surface area contributed by atoms with Gasteiger partial charge < -0.3 is 14.7 Å². The molecule has 8 nitrogen and oxygen atoms in total. The van der Waals surface area contributed by atoms with E-state index in [1.54, 1.807) is 6.07 Å². The molecule has 10 heteroatoms. The van der Waals surface area contributed by atoms with Crippen LogP contribution in [0.25, 0.3) is 6.08 Å². The Balaban J connectivity index is 1.24. The maximum atomic E-state index is 12.9. The second-order valence-electron chi connectivity index (χ2n) is 10.6. The fraction of sp³-hybridized carbons (Fsp3) is 0.517. The molecule has 1 aromatic heterocycles. The van der Waals surface area contributed by atoms with E-state index in [1.165, 1.54) is 17.3 Å². The Bertz CT molecular complexity index is 1140. The van der Waals surface area contributed by atoms with Crippen molar-refractivity contribution in [3.05, 3.63) is 53.2 Å². The Morgan fingerprint density at radius 2 is 1.79 bits per heavy atom. The zero-order chi connectivity index (χ0) is 27.8. The number of hydrogen-bond acceptors (Lipinski definition) is 7. The van der Waals surface area contributed by atoms with Gasteiger partial charge in [-0.15, -0.1) is 0 Å². The highest BCUT2D eigenvalue weighted by Gasteiger charge is 2.29. The Morgan fingerprint density at radius 1 is 1.05 bits per heavy atom. The molecule has 210 valence electrons. The lowest BCUT2D eigenvalue weighted by Gasteiger charge is -2.40. The molecule has 1 unspecified atom stereocenters. The molecule has 2 fully saturated rings. The van der Waals surface area contributed by atoms with Crippen LogP contribution < -0.4 is 4.90 Å². The molecule has 2 aromatic rings. The number of carbonyl (C=O) groups is 2. The monoisotopic (exact) mass is 570 g/mol. The summed E-state index contributed by atoms with van der Waals surface area (Å²) < 4.78 is 0. The second kappa shape index (κ2) is 14.1. The first-order valence-electron chi connectivity index (χ1n) is 13.7. The number of benzene rings is 1. The van der Waals surface area contributed by atoms with Gasteiger partial charge in [0.05, 0.1) is 5.75 Å². The lowest BCUT2D eigenvalue weighted by atomic mass is 10.1. The Hall–Kier alpha value is -2.62. The summed E-state index contributed by atoms with van der Waals surface area (Å²) in [7, 11) is 0. The lowest BCUT2D eigenvalue weighted by molar-refractivity contribution is -0.134. The van der Waals surface area contributed by atoms with Crippen molar-refractivity contribution in [2.24, 2.45) is 5.92 Å². The number of thioether (sulfide) groups is 1. The van der Waals surface area contributed by atoms with Crippen LogP contribution in [-0.4, -0.2) is 101 Å². The molecule has 0 spiro atoms. The molecule has 1 atom stereocenters. The van der Waals surface area contributed by atoms with Crippen molar-refractivity contribution in [3.8, 4) is 0 Å². The number of anilines is 1. The fourth-order valence-electron chi connectivity index (χ4n) is 4.91. The van der Waals surface area contributed by atoms with Gasteiger partial charge >= 0.3 is 0 Å². The predicted octanol–water partition coefficient (Wildman–Crippen LogP) is 4.16. The van der Waals surface area contributed by atoms with E-state index in [1.807, 2.05) is 28.0 Å². The summed E-state index contributed by atoms with van der Waals surface area (Å²) in [6.07, 6.45) is 4.89. The van der Waals surface area contributed by atoms with E-state index < -0.39 is 0 Å². The number of halogens is 1. The van der Waals surface area contributed by atoms with Crippen molar-refractivity contribution in [2.75, 3.05) is 63.0 Å². The van der Waals surface area contributed by atoms with Crippen LogP contribution in [-0.2, 0) is 9.59 Å². The van der Waals surface area contributed by atoms with Crippen molar-refractivity contribution in [2.45, 2.75) is 38.4 Å². The number of rotatable bonds is 9. The molecule has 0 N–H and O–H groups in total. The molecular weight excluding hydrogens is 532 g/mol. The van der Waals surface area contributed by atoms with E-state index in [2.05, 4.69) is 59.8 Å². The van der Waals surface area contributed by atoms with E-state index >= 15 is 0 Å². The Morgan fingerprint density at radius 3 is 2.49 bits per heavy atom. The van der Waals surface area contributed by atoms with Gasteiger partial charge in [-0.1, -0.05) is 79.7 Å². The van der Waals surface area contributed by atoms with Gasteiger partial charge in [0.1, 0.15) is 11.0 Å². The van der Waals surface area contributed by atoms with Crippen molar-refractivity contribution >= 4 is 47.1 Å². The summed E-state index contributed by atoms with van der Waals surface area (Å²) in [6.45, 7) is 12.3. The minimum atomic E-state index is 0.0870. The van der Waals surface area contributed by atoms with Crippen LogP contribution in [0, 0.1) is 5.92 Å². The number of aromatic nitrogens is 2. The molecule has 2 amide bonds. The molecule has 3 heterocycles. The summed E-state index contributed by atoms with van der Waals surface area (Å²) in [4.78, 5) is 42.9. The first-order chi connectivity index (χ1) is 18.8. The molecule has 2 aliphatic heterocycles. The van der Waals surface area contributed by atoms with Crippen molar-refractivity contribution in [1.29, 1.82) is 0 Å². The minimum absolute atomic E-state index is 0.0870. The maximum Gasteiger partial charge on any atom is 0.233 e. The topological polar surface area (TPSA) is 72.9 Å². The standard InChI is InChI=1S/C29H39ClN6O2S/c1-22(2)18-27(37)36-17-16-35(20-23(36)3)26-19-25(30)31-29(32-26)39-21-28(38)34-14-12-33(13-15-34)11-7-10-24-8-5-4-6-9-24/h4-10,19,22-23H,11-18,20-21H2,1-3H3. The van der Waals surface area contributed by atoms with Crippen LogP contribution in [0.2, 0.25) is 5.15 Å². The first kappa shape index (κ1) is 29.4. The SMILES string of the molecule is CC(C)CC(=O)N1CCN(c2cc(Cl)nc(SCC(=O)N3CCN(CC=Cc4ccccc4)CC3)n2)CC1C. The summed E-state index contributed by atoms with van der Waals surface area (Å²) in [5.41, 5.74) is 1.20. The third-order valence-corrected chi connectivity index (χ3v) is 8.06. The quantitative estimate of drug-likeness (QED) is 0.255. The summed E-state index contributed by atoms with van der Waals surface area (Å²) in [5.74, 6) is 1.66. The molecule has 4 rings (SSSR count). The molecule has 0 saturated carbocycles. The third-order valence-electron chi connectivity index (χ3n) is 7.04. The third kappa shape index (κ3) is 8.68. The number of nitrogens with zero attached hydrogens (tertiary/aromatic N) is 6. The van der Waals surface area contributed by atoms with Gasteiger partial charge in [-0.2, -0.15) is 0 Å². The van der Waals surface area contributed by atoms with Crippen LogP contribution in [0.5, 0.6) is 0 Å². The minimum Gasteiger partial charge on any atom is -0.353 e. The van der Waals surface area contributed by atoms with Gasteiger partial charge in [0.15, 0.2) is 5.16 Å². The number of amides is 2. The van der Waals surface area contributed by atoms with Crippen LogP contribution in [0.1, 0.15) is 32.8 Å². The Kier molecular flexibility index (Phi) is 10.6. The van der Waals surface area contributed by atoms with Crippen LogP contribution in [0.4, 0.5) is 5.82 Å². The number of carbonyl (C=O) groups excluding carboxylic acids is 2. The summed E-state index contributed by atoms with van der Waals surface area (Å²) in [6, 6.07) is 12.1. The van der Waals surface area contributed by atoms with E-state index in [4.69, 9.17) is 16.6 Å². The van der Waals surface area contributed by atoms with E-state index in [-0.39, 0.29) is 23.6 Å². The molecule has 0 bridgehead atoms. The first-order valence-corrected chi connectivity index (χ1v) is 15.1. The largest absolute Gasteiger partial charge is 0.353 e. The second-order valence-corrected chi connectivity index (χ2v) is 11.9. The van der Waals surface area contributed by atoms with Crippen molar-refractivity contribution < 1.29 is 9.59 Å². The molecule has 2 aliphatic rings. The zero-order valence-electron chi connectivity index (χ0n) is 23.1. The normalized spacial score (nSPS) is 18.8. The van der Waals surface area contributed by atoms with Gasteiger partial charge in [-0.25, -0.2) is 9.97 Å². The van der Waals surface area contributed by atoms with Crippen LogP contribution >= 0.6 is 23.4 Å². The highest BCUT2D eigenvalue weighted by Crippen LogP contribution is 2.25. The molecule has 2 saturated heterocycles. The van der Waals surface area contributed by atoms with Crippen LogP contribution in [0.15, 0.2) is 47.6 Å². The van der Waals surface area contributed by atoms with Crippen molar-refractivity contribution in [1.82, 2.24) is 24.7 Å². The van der Waals surface area contributed by atoms with E-state index in [0.717, 1.165) is 38.5 Å². The lowest BCUT2D eigenvalue weighted by Crippen LogP contribution is -2.54. The maximum absolute atomic E-state index is 12.9. The highest BCUT2D eigenvalue weighted by atomic mass is 35.5. The van der Waals surface area contributed by atoms with Crippen LogP contribution in [0.3, 0.4) is 0 Å². The van der Waals surface area contributed by atoms with Gasteiger partial charge in [0, 0.05) is 70.9 Å². The average molecular weight is 571 g/mol. The average Bonchev–Trinajstić information content (AvgIpc) is 2.92. The molecule has 39 heavy (non-hydrogen) atoms. The van der Waals surface area contributed by atoms with Gasteiger partial charge in [-0.05, 0) is 18.4 Å². The zero-order valence-corrected chi connectivity index (χ0v) is 24.7. The summed E-state index contributed by atoms with van der Waals surface area (Å²) in [5, 5.41) is 0.861. The van der Waals surface area contributed by atoms with Crippen molar-refractivity contribution in [3.63, 3.8) is 0 Å². The number of piperazine rings is 2. The smallest absolute Gasteiger partial charge is 0.233 e. The van der Waals surface area contributed by atoms with Gasteiger partial charge in [0.2, 0.25) is 11.8 Å². The fourth-order valence-corrected chi connectivity index (χ4v) is 5.90. The molecule has 0 aliphatic carbocycles. The number of hydrogen-bond donors (Lipinski definition) is 0. The van der Waals surface area contributed by atoms with E-state index in [9.17, 15) is 9.59 Å². The summed E-state index contributed by atoms with van der Waals surface area (Å²) >= 11 is 7.67. The van der Waals surface area contributed by atoms with Gasteiger partial charge in [0.25, 0.3) is 0 Å². The molecule has 1 aromatic carbocycles. The highest BCUT2D eigenvalue weighted by molar-refractivity contribution is 7.99. The predicted molar refractivity (Wildman–Crippen MR) is 159 cm³/mol. The molecule has 0 radical (unpaired) electrons. The molecular formula is C29H39ClN6O2S. The van der Waals surface area contributed by atoms with E-state index in [0.29, 0.717) is 42.3 Å².